The highest BCUT2D eigenvalue weighted by Crippen LogP contribution is 2.34. The van der Waals surface area contributed by atoms with Crippen molar-refractivity contribution < 1.29 is 63.7 Å². The molecule has 0 atom stereocenters. The molecule has 3 aromatic rings. The fourth-order valence-electron chi connectivity index (χ4n) is 3.77. The van der Waals surface area contributed by atoms with Crippen molar-refractivity contribution in [3.8, 4) is 16.9 Å². The molecular formula is C28H20F9N3O5. The van der Waals surface area contributed by atoms with Crippen LogP contribution >= 0.6 is 0 Å². The van der Waals surface area contributed by atoms with E-state index in [2.05, 4.69) is 19.6 Å². The molecule has 0 aliphatic carbocycles. The fourth-order valence-corrected chi connectivity index (χ4v) is 3.77. The summed E-state index contributed by atoms with van der Waals surface area (Å²) in [7, 11) is 0. The van der Waals surface area contributed by atoms with Gasteiger partial charge < -0.3 is 14.6 Å². The molecule has 0 bridgehead atoms. The number of rotatable bonds is 9. The van der Waals surface area contributed by atoms with Crippen LogP contribution in [-0.2, 0) is 22.1 Å². The Morgan fingerprint density at radius 2 is 1.42 bits per heavy atom. The second-order valence-electron chi connectivity index (χ2n) is 9.06. The van der Waals surface area contributed by atoms with Crippen LogP contribution in [-0.4, -0.2) is 45.2 Å². The molecule has 1 amide bonds. The van der Waals surface area contributed by atoms with Crippen molar-refractivity contribution in [2.24, 2.45) is 4.99 Å². The van der Waals surface area contributed by atoms with Crippen molar-refractivity contribution in [2.75, 3.05) is 0 Å². The Bertz CT molecular complexity index is 1630. The minimum absolute atomic E-state index is 0.237. The lowest BCUT2D eigenvalue weighted by molar-refractivity contribution is -0.305. The molecule has 1 N–H and O–H groups in total. The lowest BCUT2D eigenvalue weighted by Crippen LogP contribution is -2.20. The molecule has 45 heavy (non-hydrogen) atoms. The largest absolute Gasteiger partial charge is 0.573 e. The van der Waals surface area contributed by atoms with E-state index in [4.69, 9.17) is 0 Å². The summed E-state index contributed by atoms with van der Waals surface area (Å²) in [6.07, 6.45) is -13.6. The molecule has 0 unspecified atom stereocenters. The van der Waals surface area contributed by atoms with Gasteiger partial charge in [-0.25, -0.2) is 14.5 Å². The zero-order valence-electron chi connectivity index (χ0n) is 22.9. The first-order valence-electron chi connectivity index (χ1n) is 12.3. The molecule has 240 valence electrons. The van der Waals surface area contributed by atoms with Gasteiger partial charge in [0.2, 0.25) is 0 Å². The predicted molar refractivity (Wildman–Crippen MR) is 140 cm³/mol. The van der Waals surface area contributed by atoms with Crippen molar-refractivity contribution in [1.29, 1.82) is 0 Å². The summed E-state index contributed by atoms with van der Waals surface area (Å²) in [6.45, 7) is 1.97. The summed E-state index contributed by atoms with van der Waals surface area (Å²) >= 11 is 0. The summed E-state index contributed by atoms with van der Waals surface area (Å²) in [5.41, 5.74) is -2.67. The van der Waals surface area contributed by atoms with E-state index in [1.165, 1.54) is 36.4 Å². The highest BCUT2D eigenvalue weighted by Gasteiger charge is 2.41. The maximum absolute atomic E-state index is 13.9. The quantitative estimate of drug-likeness (QED) is 0.110. The van der Waals surface area contributed by atoms with E-state index >= 15 is 0 Å². The second kappa shape index (κ2) is 13.3. The molecule has 0 fully saturated rings. The minimum Gasteiger partial charge on any atom is -0.477 e. The smallest absolute Gasteiger partial charge is 0.477 e. The van der Waals surface area contributed by atoms with Gasteiger partial charge in [0.1, 0.15) is 17.2 Å². The fraction of sp³-hybridized carbons (Fsp3) is 0.214. The summed E-state index contributed by atoms with van der Waals surface area (Å²) in [6, 6.07) is 10.7. The molecule has 0 spiro atoms. The maximum Gasteiger partial charge on any atom is 0.573 e. The number of alkyl halides is 9. The summed E-state index contributed by atoms with van der Waals surface area (Å²) in [4.78, 5) is 27.9. The van der Waals surface area contributed by atoms with Gasteiger partial charge in [-0.1, -0.05) is 36.4 Å². The molecule has 2 aromatic carbocycles. The Morgan fingerprint density at radius 3 is 1.91 bits per heavy atom. The van der Waals surface area contributed by atoms with Gasteiger partial charge in [0.15, 0.2) is 5.69 Å². The molecule has 0 aliphatic rings. The number of ether oxygens (including phenoxy) is 2. The molecule has 1 heterocycles. The van der Waals surface area contributed by atoms with Crippen molar-refractivity contribution in [2.45, 2.75) is 39.2 Å². The summed E-state index contributed by atoms with van der Waals surface area (Å²) in [5.74, 6) is -4.45. The number of aromatic nitrogens is 2. The lowest BCUT2D eigenvalue weighted by Gasteiger charge is -2.12. The number of nitrogens with zero attached hydrogens (tertiary/aromatic N) is 3. The highest BCUT2D eigenvalue weighted by atomic mass is 19.4. The number of halogens is 9. The summed E-state index contributed by atoms with van der Waals surface area (Å²) in [5, 5.41) is 13.1. The molecule has 0 radical (unpaired) electrons. The SMILES string of the molecule is C/C(=C\C=C(/C)n1ncc(C(=O)N=C(Cc2ccc(-c3ccc(OC(F)(F)F)cc3)cc2)C(=O)O)c1C(F)(F)F)OC(F)(F)F. The Kier molecular flexibility index (Phi) is 10.1. The third-order valence-electron chi connectivity index (χ3n) is 5.67. The first kappa shape index (κ1) is 34.4. The third kappa shape index (κ3) is 9.97. The number of carboxylic acid groups (broad SMARTS) is 1. The average molecular weight is 649 g/mol. The van der Waals surface area contributed by atoms with Gasteiger partial charge in [-0.15, -0.1) is 26.3 Å². The van der Waals surface area contributed by atoms with Crippen LogP contribution in [0.1, 0.15) is 35.5 Å². The van der Waals surface area contributed by atoms with Gasteiger partial charge in [0.05, 0.1) is 11.8 Å². The number of carboxylic acids is 1. The molecule has 0 saturated carbocycles. The molecule has 1 aromatic heterocycles. The van der Waals surface area contributed by atoms with Crippen LogP contribution in [0.3, 0.4) is 0 Å². The lowest BCUT2D eigenvalue weighted by atomic mass is 10.0. The van der Waals surface area contributed by atoms with Crippen LogP contribution in [0.15, 0.2) is 77.6 Å². The highest BCUT2D eigenvalue weighted by molar-refractivity contribution is 6.38. The van der Waals surface area contributed by atoms with Gasteiger partial charge in [-0.05, 0) is 54.8 Å². The first-order valence-corrected chi connectivity index (χ1v) is 12.3. The van der Waals surface area contributed by atoms with E-state index in [0.29, 0.717) is 17.3 Å². The van der Waals surface area contributed by atoms with E-state index in [9.17, 15) is 54.2 Å². The van der Waals surface area contributed by atoms with E-state index in [1.807, 2.05) is 0 Å². The number of aliphatic carboxylic acids is 1. The monoisotopic (exact) mass is 649 g/mol. The maximum atomic E-state index is 13.9. The van der Waals surface area contributed by atoms with Gasteiger partial charge >= 0.3 is 24.9 Å². The second-order valence-corrected chi connectivity index (χ2v) is 9.06. The third-order valence-corrected chi connectivity index (χ3v) is 5.67. The standard InChI is InChI=1S/C28H20F9N3O5/c1-15(3-4-16(2)44-27(32,33)34)40-23(26(29,30)31)21(14-38-40)24(41)39-22(25(42)43)13-17-5-7-18(8-6-17)19-9-11-20(12-10-19)45-28(35,36)37/h3-12,14H,13H2,1-2H3,(H,42,43)/b15-3+,16-4+,39-22?. The minimum atomic E-state index is -5.22. The molecule has 0 aliphatic heterocycles. The van der Waals surface area contributed by atoms with Crippen LogP contribution in [0.4, 0.5) is 39.5 Å². The van der Waals surface area contributed by atoms with Gasteiger partial charge in [-0.3, -0.25) is 4.79 Å². The van der Waals surface area contributed by atoms with Crippen molar-refractivity contribution in [3.63, 3.8) is 0 Å². The van der Waals surface area contributed by atoms with Crippen molar-refractivity contribution in [3.05, 3.63) is 89.5 Å². The Balaban J connectivity index is 1.86. The average Bonchev–Trinajstić information content (AvgIpc) is 3.37. The normalized spacial score (nSPS) is 13.5. The molecule has 3 rings (SSSR count). The van der Waals surface area contributed by atoms with Crippen LogP contribution in [0, 0.1) is 0 Å². The zero-order valence-corrected chi connectivity index (χ0v) is 22.9. The number of hydrogen-bond donors (Lipinski definition) is 1. The van der Waals surface area contributed by atoms with Crippen LogP contribution in [0.2, 0.25) is 0 Å². The van der Waals surface area contributed by atoms with E-state index in [0.717, 1.165) is 38.1 Å². The Morgan fingerprint density at radius 1 is 0.867 bits per heavy atom. The van der Waals surface area contributed by atoms with Gasteiger partial charge in [-0.2, -0.15) is 18.3 Å². The van der Waals surface area contributed by atoms with E-state index in [-0.39, 0.29) is 15.9 Å². The van der Waals surface area contributed by atoms with Crippen LogP contribution < -0.4 is 4.74 Å². The van der Waals surface area contributed by atoms with Gasteiger partial charge in [0.25, 0.3) is 5.91 Å². The number of hydrogen-bond acceptors (Lipinski definition) is 5. The van der Waals surface area contributed by atoms with Gasteiger partial charge in [0, 0.05) is 12.1 Å². The first-order chi connectivity index (χ1) is 20.7. The zero-order chi connectivity index (χ0) is 33.7. The summed E-state index contributed by atoms with van der Waals surface area (Å²) < 4.78 is 124. The molecule has 8 nitrogen and oxygen atoms in total. The molecule has 17 heteroatoms. The number of carbonyl (C=O) groups is 2. The van der Waals surface area contributed by atoms with Crippen LogP contribution in [0.5, 0.6) is 5.75 Å². The van der Waals surface area contributed by atoms with E-state index < -0.39 is 65.7 Å². The predicted octanol–water partition coefficient (Wildman–Crippen LogP) is 7.68. The van der Waals surface area contributed by atoms with Crippen molar-refractivity contribution >= 4 is 23.3 Å². The number of benzene rings is 2. The molecular weight excluding hydrogens is 629 g/mol. The Hall–Kier alpha value is -5.09. The number of carbonyl (C=O) groups excluding carboxylic acids is 1. The number of allylic oxidation sites excluding steroid dienone is 4. The topological polar surface area (TPSA) is 103 Å². The Labute approximate surface area is 247 Å². The van der Waals surface area contributed by atoms with E-state index in [1.54, 1.807) is 0 Å². The van der Waals surface area contributed by atoms with Crippen molar-refractivity contribution in [1.82, 2.24) is 9.78 Å². The number of amides is 1. The van der Waals surface area contributed by atoms with Crippen LogP contribution in [0.25, 0.3) is 16.8 Å². The molecule has 0 saturated heterocycles. The number of aliphatic imine (C=N–C) groups is 1.